The third-order valence-electron chi connectivity index (χ3n) is 4.30. The van der Waals surface area contributed by atoms with E-state index >= 15 is 0 Å². The molecular weight excluding hydrogens is 380 g/mol. The Hall–Kier alpha value is -3.12. The van der Waals surface area contributed by atoms with E-state index in [1.165, 1.54) is 11.8 Å². The molecule has 2 amide bonds. The fourth-order valence-electron chi connectivity index (χ4n) is 3.04. The van der Waals surface area contributed by atoms with Crippen LogP contribution in [0.1, 0.15) is 30.5 Å². The van der Waals surface area contributed by atoms with Crippen molar-refractivity contribution >= 4 is 41.1 Å². The van der Waals surface area contributed by atoms with E-state index < -0.39 is 24.5 Å². The summed E-state index contributed by atoms with van der Waals surface area (Å²) < 4.78 is 5.11. The predicted octanol–water partition coefficient (Wildman–Crippen LogP) is 3.79. The summed E-state index contributed by atoms with van der Waals surface area (Å²) in [4.78, 5) is 37.7. The van der Waals surface area contributed by atoms with E-state index in [-0.39, 0.29) is 12.3 Å². The van der Waals surface area contributed by atoms with Gasteiger partial charge in [0.1, 0.15) is 0 Å². The first-order valence-electron chi connectivity index (χ1n) is 8.71. The minimum absolute atomic E-state index is 0.0502. The predicted molar refractivity (Wildman–Crippen MR) is 106 cm³/mol. The number of fused-ring (bicyclic) bond motifs is 1. The number of halogens is 1. The van der Waals surface area contributed by atoms with Gasteiger partial charge in [-0.1, -0.05) is 41.9 Å². The van der Waals surface area contributed by atoms with Crippen molar-refractivity contribution in [2.75, 3.05) is 11.9 Å². The van der Waals surface area contributed by atoms with Gasteiger partial charge < -0.3 is 15.0 Å². The Morgan fingerprint density at radius 1 is 1.14 bits per heavy atom. The molecule has 1 atom stereocenters. The topological polar surface area (TPSA) is 75.7 Å². The van der Waals surface area contributed by atoms with Crippen molar-refractivity contribution < 1.29 is 19.1 Å². The molecule has 0 unspecified atom stereocenters. The summed E-state index contributed by atoms with van der Waals surface area (Å²) >= 11 is 5.87. The molecule has 0 aliphatic carbocycles. The highest BCUT2D eigenvalue weighted by Crippen LogP contribution is 2.33. The molecule has 0 saturated carbocycles. The lowest BCUT2D eigenvalue weighted by Gasteiger charge is -2.32. The molecule has 0 fully saturated rings. The number of benzene rings is 2. The summed E-state index contributed by atoms with van der Waals surface area (Å²) in [5.41, 5.74) is 2.32. The first kappa shape index (κ1) is 19.6. The van der Waals surface area contributed by atoms with Crippen LogP contribution in [-0.2, 0) is 19.1 Å². The number of nitrogens with zero attached hydrogens (tertiary/aromatic N) is 1. The molecule has 144 valence electrons. The first-order valence-corrected chi connectivity index (χ1v) is 9.09. The molecule has 6 nitrogen and oxygen atoms in total. The fourth-order valence-corrected chi connectivity index (χ4v) is 3.23. The van der Waals surface area contributed by atoms with E-state index in [2.05, 4.69) is 5.32 Å². The number of hydrogen-bond donors (Lipinski definition) is 1. The number of anilines is 1. The van der Waals surface area contributed by atoms with E-state index in [1.54, 1.807) is 30.5 Å². The van der Waals surface area contributed by atoms with E-state index in [9.17, 15) is 14.4 Å². The van der Waals surface area contributed by atoms with Crippen molar-refractivity contribution in [3.8, 4) is 0 Å². The van der Waals surface area contributed by atoms with Crippen LogP contribution in [0.5, 0.6) is 0 Å². The molecule has 28 heavy (non-hydrogen) atoms. The number of carbonyl (C=O) groups is 3. The van der Waals surface area contributed by atoms with Crippen molar-refractivity contribution in [3.05, 3.63) is 70.9 Å². The molecule has 0 radical (unpaired) electrons. The Kier molecular flexibility index (Phi) is 6.11. The number of carbonyl (C=O) groups excluding carboxylic acids is 3. The number of esters is 1. The third-order valence-corrected chi connectivity index (χ3v) is 4.54. The van der Waals surface area contributed by atoms with Crippen LogP contribution in [0.15, 0.2) is 54.7 Å². The highest BCUT2D eigenvalue weighted by molar-refractivity contribution is 6.30. The second-order valence-corrected chi connectivity index (χ2v) is 6.75. The van der Waals surface area contributed by atoms with E-state index in [0.717, 1.165) is 11.1 Å². The Labute approximate surface area is 167 Å². The zero-order chi connectivity index (χ0) is 20.1. The van der Waals surface area contributed by atoms with Crippen LogP contribution in [-0.4, -0.2) is 29.3 Å². The van der Waals surface area contributed by atoms with Gasteiger partial charge in [0.15, 0.2) is 6.61 Å². The van der Waals surface area contributed by atoms with Gasteiger partial charge in [-0.2, -0.15) is 0 Å². The lowest BCUT2D eigenvalue weighted by atomic mass is 9.94. The van der Waals surface area contributed by atoms with E-state index in [1.807, 2.05) is 30.3 Å². The lowest BCUT2D eigenvalue weighted by Crippen LogP contribution is -2.33. The van der Waals surface area contributed by atoms with Gasteiger partial charge in [0.05, 0.1) is 12.5 Å². The molecular formula is C21H19ClN2O4. The fraction of sp³-hybridized carbons (Fsp3) is 0.190. The van der Waals surface area contributed by atoms with E-state index in [4.69, 9.17) is 16.3 Å². The quantitative estimate of drug-likeness (QED) is 0.777. The zero-order valence-corrected chi connectivity index (χ0v) is 16.0. The summed E-state index contributed by atoms with van der Waals surface area (Å²) in [5.74, 6) is -1.21. The van der Waals surface area contributed by atoms with Gasteiger partial charge in [-0.05, 0) is 35.4 Å². The molecule has 0 spiro atoms. The molecule has 0 aromatic heterocycles. The Balaban J connectivity index is 1.61. The highest BCUT2D eigenvalue weighted by Gasteiger charge is 2.28. The molecule has 2 aromatic carbocycles. The van der Waals surface area contributed by atoms with Crippen molar-refractivity contribution in [1.29, 1.82) is 0 Å². The maximum atomic E-state index is 12.3. The summed E-state index contributed by atoms with van der Waals surface area (Å²) in [6.45, 7) is 1.02. The van der Waals surface area contributed by atoms with Crippen molar-refractivity contribution in [3.63, 3.8) is 0 Å². The average Bonchev–Trinajstić information content (AvgIpc) is 2.66. The monoisotopic (exact) mass is 398 g/mol. The standard InChI is InChI=1S/C21H19ClN2O4/c1-14(25)24-10-9-15-5-2-3-8-18(15)19(24)12-21(27)28-13-20(26)23-17-7-4-6-16(22)11-17/h2-11,19H,12-13H2,1H3,(H,23,26)/t19-/m1/s1. The Morgan fingerprint density at radius 2 is 1.93 bits per heavy atom. The van der Waals surface area contributed by atoms with Crippen molar-refractivity contribution in [2.24, 2.45) is 0 Å². The Bertz CT molecular complexity index is 942. The van der Waals surface area contributed by atoms with Crippen LogP contribution < -0.4 is 5.32 Å². The average molecular weight is 399 g/mol. The molecule has 3 rings (SSSR count). The third kappa shape index (κ3) is 4.78. The van der Waals surface area contributed by atoms with Gasteiger partial charge in [-0.3, -0.25) is 14.4 Å². The van der Waals surface area contributed by atoms with Crippen LogP contribution in [0, 0.1) is 0 Å². The second kappa shape index (κ2) is 8.71. The van der Waals surface area contributed by atoms with Crippen molar-refractivity contribution in [1.82, 2.24) is 4.90 Å². The first-order chi connectivity index (χ1) is 13.4. The minimum Gasteiger partial charge on any atom is -0.455 e. The molecule has 1 aliphatic rings. The number of hydrogen-bond acceptors (Lipinski definition) is 4. The number of rotatable bonds is 5. The normalized spacial score (nSPS) is 14.9. The molecule has 0 saturated heterocycles. The lowest BCUT2D eigenvalue weighted by molar-refractivity contribution is -0.149. The van der Waals surface area contributed by atoms with Crippen LogP contribution in [0.2, 0.25) is 5.02 Å². The second-order valence-electron chi connectivity index (χ2n) is 6.31. The molecule has 1 heterocycles. The van der Waals surface area contributed by atoms with E-state index in [0.29, 0.717) is 10.7 Å². The largest absolute Gasteiger partial charge is 0.455 e. The van der Waals surface area contributed by atoms with Crippen molar-refractivity contribution in [2.45, 2.75) is 19.4 Å². The SMILES string of the molecule is CC(=O)N1C=Cc2ccccc2[C@H]1CC(=O)OCC(=O)Nc1cccc(Cl)c1. The van der Waals surface area contributed by atoms with Gasteiger partial charge in [-0.15, -0.1) is 0 Å². The zero-order valence-electron chi connectivity index (χ0n) is 15.2. The number of ether oxygens (including phenoxy) is 1. The Morgan fingerprint density at radius 3 is 2.68 bits per heavy atom. The number of amides is 2. The van der Waals surface area contributed by atoms with Crippen LogP contribution in [0.3, 0.4) is 0 Å². The van der Waals surface area contributed by atoms with Crippen LogP contribution >= 0.6 is 11.6 Å². The molecule has 7 heteroatoms. The maximum Gasteiger partial charge on any atom is 0.308 e. The van der Waals surface area contributed by atoms with Gasteiger partial charge in [-0.25, -0.2) is 0 Å². The summed E-state index contributed by atoms with van der Waals surface area (Å²) in [7, 11) is 0. The van der Waals surface area contributed by atoms with Gasteiger partial charge in [0.2, 0.25) is 5.91 Å². The summed E-state index contributed by atoms with van der Waals surface area (Å²) in [6, 6.07) is 13.7. The summed E-state index contributed by atoms with van der Waals surface area (Å²) in [6.07, 6.45) is 3.44. The number of nitrogens with one attached hydrogen (secondary N) is 1. The van der Waals surface area contributed by atoms with Crippen LogP contribution in [0.25, 0.3) is 6.08 Å². The van der Waals surface area contributed by atoms with Crippen LogP contribution in [0.4, 0.5) is 5.69 Å². The van der Waals surface area contributed by atoms with Gasteiger partial charge >= 0.3 is 5.97 Å². The molecule has 1 aliphatic heterocycles. The highest BCUT2D eigenvalue weighted by atomic mass is 35.5. The maximum absolute atomic E-state index is 12.3. The van der Waals surface area contributed by atoms with Gasteiger partial charge in [0, 0.05) is 23.8 Å². The molecule has 1 N–H and O–H groups in total. The molecule has 0 bridgehead atoms. The minimum atomic E-state index is -0.567. The summed E-state index contributed by atoms with van der Waals surface area (Å²) in [5, 5.41) is 3.10. The van der Waals surface area contributed by atoms with Gasteiger partial charge in [0.25, 0.3) is 5.91 Å². The molecule has 2 aromatic rings. The smallest absolute Gasteiger partial charge is 0.308 e.